The third-order valence-electron chi connectivity index (χ3n) is 1.80. The molecule has 0 amide bonds. The van der Waals surface area contributed by atoms with Gasteiger partial charge in [0.05, 0.1) is 0 Å². The van der Waals surface area contributed by atoms with Crippen LogP contribution < -0.4 is 0 Å². The van der Waals surface area contributed by atoms with Crippen LogP contribution in [-0.4, -0.2) is 5.78 Å². The van der Waals surface area contributed by atoms with Gasteiger partial charge >= 0.3 is 0 Å². The summed E-state index contributed by atoms with van der Waals surface area (Å²) in [6, 6.07) is 5.57. The fraction of sp³-hybridized carbons (Fsp3) is 0.300. The highest BCUT2D eigenvalue weighted by atomic mass is 79.9. The van der Waals surface area contributed by atoms with Gasteiger partial charge in [-0.1, -0.05) is 40.5 Å². The minimum absolute atomic E-state index is 0.212. The van der Waals surface area contributed by atoms with Gasteiger partial charge in [-0.05, 0) is 17.7 Å². The second-order valence-electron chi connectivity index (χ2n) is 2.80. The molecular weight excluding hydrogens is 251 g/mol. The highest BCUT2D eigenvalue weighted by Gasteiger charge is 2.05. The Kier molecular flexibility index (Phi) is 3.94. The summed E-state index contributed by atoms with van der Waals surface area (Å²) in [7, 11) is 0. The summed E-state index contributed by atoms with van der Waals surface area (Å²) in [6.45, 7) is 1.86. The van der Waals surface area contributed by atoms with Crippen molar-refractivity contribution < 1.29 is 4.79 Å². The van der Waals surface area contributed by atoms with Gasteiger partial charge in [0.2, 0.25) is 0 Å². The topological polar surface area (TPSA) is 17.1 Å². The fourth-order valence-corrected chi connectivity index (χ4v) is 1.74. The number of hydrogen-bond acceptors (Lipinski definition) is 1. The van der Waals surface area contributed by atoms with Crippen LogP contribution in [0.2, 0.25) is 5.02 Å². The van der Waals surface area contributed by atoms with Crippen LogP contribution in [0.4, 0.5) is 0 Å². The molecule has 0 aliphatic rings. The molecule has 0 bridgehead atoms. The van der Waals surface area contributed by atoms with E-state index in [1.54, 1.807) is 6.07 Å². The van der Waals surface area contributed by atoms with E-state index in [4.69, 9.17) is 11.6 Å². The highest BCUT2D eigenvalue weighted by molar-refractivity contribution is 9.10. The predicted molar refractivity (Wildman–Crippen MR) is 58.2 cm³/mol. The quantitative estimate of drug-likeness (QED) is 0.812. The van der Waals surface area contributed by atoms with Gasteiger partial charge in [0, 0.05) is 22.3 Å². The Morgan fingerprint density at radius 3 is 2.77 bits per heavy atom. The standard InChI is InChI=1S/C10H10BrClO/c1-2-9(13)5-7-3-4-8(11)6-10(7)12/h3-4,6H,2,5H2,1H3. The summed E-state index contributed by atoms with van der Waals surface area (Å²) in [6.07, 6.45) is 0.995. The number of Topliss-reactive ketones (excluding diaryl/α,β-unsaturated/α-hetero) is 1. The summed E-state index contributed by atoms with van der Waals surface area (Å²) < 4.78 is 0.935. The van der Waals surface area contributed by atoms with Crippen molar-refractivity contribution in [3.05, 3.63) is 33.3 Å². The van der Waals surface area contributed by atoms with Crippen molar-refractivity contribution in [2.75, 3.05) is 0 Å². The van der Waals surface area contributed by atoms with E-state index in [2.05, 4.69) is 15.9 Å². The van der Waals surface area contributed by atoms with Gasteiger partial charge in [0.25, 0.3) is 0 Å². The number of hydrogen-bond donors (Lipinski definition) is 0. The average Bonchev–Trinajstić information content (AvgIpc) is 2.09. The second-order valence-corrected chi connectivity index (χ2v) is 4.13. The maximum Gasteiger partial charge on any atom is 0.137 e. The summed E-state index contributed by atoms with van der Waals surface area (Å²) in [5, 5.41) is 0.649. The first-order valence-electron chi connectivity index (χ1n) is 4.09. The Bertz CT molecular complexity index is 323. The summed E-state index contributed by atoms with van der Waals surface area (Å²) in [4.78, 5) is 11.1. The molecule has 0 heterocycles. The first-order valence-corrected chi connectivity index (χ1v) is 5.26. The van der Waals surface area contributed by atoms with Crippen molar-refractivity contribution >= 4 is 33.3 Å². The molecule has 0 saturated carbocycles. The molecule has 1 aromatic carbocycles. The lowest BCUT2D eigenvalue weighted by Crippen LogP contribution is -2.00. The van der Waals surface area contributed by atoms with Gasteiger partial charge in [-0.3, -0.25) is 4.79 Å². The molecule has 70 valence electrons. The molecule has 0 radical (unpaired) electrons. The molecular formula is C10H10BrClO. The minimum Gasteiger partial charge on any atom is -0.299 e. The maximum absolute atomic E-state index is 11.1. The molecule has 1 rings (SSSR count). The largest absolute Gasteiger partial charge is 0.299 e. The molecule has 0 aromatic heterocycles. The Balaban J connectivity index is 2.83. The lowest BCUT2D eigenvalue weighted by Gasteiger charge is -2.02. The number of halogens is 2. The van der Waals surface area contributed by atoms with E-state index in [1.807, 2.05) is 19.1 Å². The van der Waals surface area contributed by atoms with Gasteiger partial charge < -0.3 is 0 Å². The normalized spacial score (nSPS) is 10.1. The highest BCUT2D eigenvalue weighted by Crippen LogP contribution is 2.21. The van der Waals surface area contributed by atoms with Gasteiger partial charge in [-0.15, -0.1) is 0 Å². The van der Waals surface area contributed by atoms with Crippen LogP contribution in [0.3, 0.4) is 0 Å². The molecule has 1 aromatic rings. The number of rotatable bonds is 3. The van der Waals surface area contributed by atoms with Crippen molar-refractivity contribution in [1.82, 2.24) is 0 Å². The second kappa shape index (κ2) is 4.77. The van der Waals surface area contributed by atoms with Crippen LogP contribution in [-0.2, 0) is 11.2 Å². The minimum atomic E-state index is 0.212. The molecule has 0 spiro atoms. The Hall–Kier alpha value is -0.340. The van der Waals surface area contributed by atoms with E-state index in [9.17, 15) is 4.79 Å². The van der Waals surface area contributed by atoms with Crippen molar-refractivity contribution in [2.24, 2.45) is 0 Å². The number of benzene rings is 1. The smallest absolute Gasteiger partial charge is 0.137 e. The van der Waals surface area contributed by atoms with Gasteiger partial charge in [-0.25, -0.2) is 0 Å². The van der Waals surface area contributed by atoms with Crippen molar-refractivity contribution in [1.29, 1.82) is 0 Å². The van der Waals surface area contributed by atoms with Gasteiger partial charge in [-0.2, -0.15) is 0 Å². The molecule has 0 saturated heterocycles. The molecule has 13 heavy (non-hydrogen) atoms. The monoisotopic (exact) mass is 260 g/mol. The average molecular weight is 262 g/mol. The van der Waals surface area contributed by atoms with E-state index in [-0.39, 0.29) is 5.78 Å². The van der Waals surface area contributed by atoms with E-state index in [0.29, 0.717) is 17.9 Å². The molecule has 0 N–H and O–H groups in total. The molecule has 1 nitrogen and oxygen atoms in total. The van der Waals surface area contributed by atoms with Gasteiger partial charge in [0.1, 0.15) is 5.78 Å². The zero-order valence-electron chi connectivity index (χ0n) is 7.31. The number of carbonyl (C=O) groups excluding carboxylic acids is 1. The summed E-state index contributed by atoms with van der Waals surface area (Å²) >= 11 is 9.26. The Morgan fingerprint density at radius 2 is 2.23 bits per heavy atom. The van der Waals surface area contributed by atoms with E-state index < -0.39 is 0 Å². The van der Waals surface area contributed by atoms with Crippen molar-refractivity contribution in [3.63, 3.8) is 0 Å². The zero-order valence-corrected chi connectivity index (χ0v) is 9.65. The van der Waals surface area contributed by atoms with Crippen LogP contribution in [0.1, 0.15) is 18.9 Å². The van der Waals surface area contributed by atoms with E-state index >= 15 is 0 Å². The Labute approximate surface area is 91.2 Å². The van der Waals surface area contributed by atoms with Crippen molar-refractivity contribution in [3.8, 4) is 0 Å². The lowest BCUT2D eigenvalue weighted by atomic mass is 10.1. The Morgan fingerprint density at radius 1 is 1.54 bits per heavy atom. The van der Waals surface area contributed by atoms with Crippen LogP contribution in [0.15, 0.2) is 22.7 Å². The van der Waals surface area contributed by atoms with Crippen LogP contribution in [0.5, 0.6) is 0 Å². The maximum atomic E-state index is 11.1. The molecule has 0 atom stereocenters. The third-order valence-corrected chi connectivity index (χ3v) is 2.64. The van der Waals surface area contributed by atoms with Crippen molar-refractivity contribution in [2.45, 2.75) is 19.8 Å². The van der Waals surface area contributed by atoms with Crippen LogP contribution in [0, 0.1) is 0 Å². The van der Waals surface area contributed by atoms with Crippen LogP contribution in [0.25, 0.3) is 0 Å². The lowest BCUT2D eigenvalue weighted by molar-refractivity contribution is -0.118. The van der Waals surface area contributed by atoms with E-state index in [0.717, 1.165) is 10.0 Å². The SMILES string of the molecule is CCC(=O)Cc1ccc(Br)cc1Cl. The predicted octanol–water partition coefficient (Wildman–Crippen LogP) is 3.62. The summed E-state index contributed by atoms with van der Waals surface area (Å²) in [5.41, 5.74) is 0.900. The molecule has 0 unspecified atom stereocenters. The first kappa shape index (κ1) is 10.7. The molecule has 0 aliphatic carbocycles. The molecule has 3 heteroatoms. The fourth-order valence-electron chi connectivity index (χ4n) is 1.00. The molecule has 0 aliphatic heterocycles. The first-order chi connectivity index (χ1) is 6.13. The number of ketones is 1. The van der Waals surface area contributed by atoms with Gasteiger partial charge in [0.15, 0.2) is 0 Å². The molecule has 0 fully saturated rings. The zero-order chi connectivity index (χ0) is 9.84. The van der Waals surface area contributed by atoms with E-state index in [1.165, 1.54) is 0 Å². The number of carbonyl (C=O) groups is 1. The van der Waals surface area contributed by atoms with Crippen LogP contribution >= 0.6 is 27.5 Å². The third kappa shape index (κ3) is 3.12. The summed E-state index contributed by atoms with van der Waals surface area (Å²) in [5.74, 6) is 0.212.